The van der Waals surface area contributed by atoms with E-state index in [0.717, 1.165) is 45.0 Å². The molecule has 0 amide bonds. The van der Waals surface area contributed by atoms with Crippen LogP contribution in [-0.2, 0) is 13.6 Å². The molecule has 1 unspecified atom stereocenters. The Kier molecular flexibility index (Phi) is 8.49. The normalized spacial score (nSPS) is 17.2. The van der Waals surface area contributed by atoms with Gasteiger partial charge in [0.05, 0.1) is 18.8 Å². The van der Waals surface area contributed by atoms with Crippen molar-refractivity contribution in [3.8, 4) is 0 Å². The Labute approximate surface area is 187 Å². The molecule has 0 aliphatic carbocycles. The monoisotopic (exact) mass is 425 g/mol. The summed E-state index contributed by atoms with van der Waals surface area (Å²) in [6, 6.07) is 9.38. The van der Waals surface area contributed by atoms with E-state index in [9.17, 15) is 0 Å². The molecule has 1 fully saturated rings. The Hall–Kier alpha value is -2.38. The first-order chi connectivity index (χ1) is 15.0. The molecule has 1 atom stereocenters. The average molecular weight is 426 g/mol. The van der Waals surface area contributed by atoms with Crippen LogP contribution in [0.25, 0.3) is 0 Å². The maximum atomic E-state index is 4.92. The van der Waals surface area contributed by atoms with E-state index in [4.69, 9.17) is 4.99 Å². The number of rotatable bonds is 8. The molecule has 2 heterocycles. The van der Waals surface area contributed by atoms with Gasteiger partial charge in [-0.05, 0) is 51.9 Å². The second-order valence-electron chi connectivity index (χ2n) is 8.77. The molecule has 1 aromatic heterocycles. The third-order valence-corrected chi connectivity index (χ3v) is 6.08. The fourth-order valence-corrected chi connectivity index (χ4v) is 4.13. The molecule has 1 aromatic carbocycles. The van der Waals surface area contributed by atoms with Crippen molar-refractivity contribution in [3.05, 3.63) is 53.3 Å². The van der Waals surface area contributed by atoms with Crippen molar-refractivity contribution in [2.45, 2.75) is 45.3 Å². The first kappa shape index (κ1) is 23.3. The van der Waals surface area contributed by atoms with Crippen molar-refractivity contribution in [3.63, 3.8) is 0 Å². The largest absolute Gasteiger partial charge is 0.357 e. The van der Waals surface area contributed by atoms with E-state index < -0.39 is 0 Å². The molecule has 0 radical (unpaired) electrons. The highest BCUT2D eigenvalue weighted by molar-refractivity contribution is 5.80. The van der Waals surface area contributed by atoms with Gasteiger partial charge in [0.15, 0.2) is 5.96 Å². The van der Waals surface area contributed by atoms with Gasteiger partial charge in [0.2, 0.25) is 0 Å². The molecule has 0 saturated carbocycles. The Morgan fingerprint density at radius 3 is 2.61 bits per heavy atom. The summed E-state index contributed by atoms with van der Waals surface area (Å²) >= 11 is 0. The average Bonchev–Trinajstić information content (AvgIpc) is 3.17. The van der Waals surface area contributed by atoms with Crippen molar-refractivity contribution in [1.82, 2.24) is 30.2 Å². The molecular formula is C24H39N7. The fraction of sp³-hybridized carbons (Fsp3) is 0.583. The number of nitrogens with zero attached hydrogens (tertiary/aromatic N) is 5. The van der Waals surface area contributed by atoms with Gasteiger partial charge in [0.25, 0.3) is 0 Å². The Morgan fingerprint density at radius 2 is 2.00 bits per heavy atom. The zero-order chi connectivity index (χ0) is 22.2. The number of benzene rings is 1. The van der Waals surface area contributed by atoms with Crippen molar-refractivity contribution in [2.75, 3.05) is 40.3 Å². The zero-order valence-corrected chi connectivity index (χ0v) is 19.8. The van der Waals surface area contributed by atoms with Crippen LogP contribution in [0.3, 0.4) is 0 Å². The van der Waals surface area contributed by atoms with Gasteiger partial charge >= 0.3 is 0 Å². The first-order valence-corrected chi connectivity index (χ1v) is 11.4. The van der Waals surface area contributed by atoms with Crippen LogP contribution < -0.4 is 10.6 Å². The van der Waals surface area contributed by atoms with Crippen LogP contribution in [-0.4, -0.2) is 71.9 Å². The number of aryl methyl sites for hydroxylation is 2. The summed E-state index contributed by atoms with van der Waals surface area (Å²) in [5.74, 6) is 0.913. The van der Waals surface area contributed by atoms with Gasteiger partial charge in [-0.2, -0.15) is 5.10 Å². The lowest BCUT2D eigenvalue weighted by Gasteiger charge is -2.33. The van der Waals surface area contributed by atoms with Crippen molar-refractivity contribution in [1.29, 1.82) is 0 Å². The standard InChI is InChI=1S/C24H39N7/c1-6-25-24(26-16-23(29(3)4)21-15-27-30(5)17-21)28-22-11-13-31(14-12-22)18-20-10-8-7-9-19(20)2/h7-10,15,17,22-23H,6,11-14,16,18H2,1-5H3,(H2,25,26,28). The van der Waals surface area contributed by atoms with E-state index >= 15 is 0 Å². The summed E-state index contributed by atoms with van der Waals surface area (Å²) in [7, 11) is 6.14. The van der Waals surface area contributed by atoms with Gasteiger partial charge in [-0.25, -0.2) is 0 Å². The predicted octanol–water partition coefficient (Wildman–Crippen LogP) is 2.55. The van der Waals surface area contributed by atoms with E-state index in [2.05, 4.69) is 83.9 Å². The van der Waals surface area contributed by atoms with Crippen molar-refractivity contribution in [2.24, 2.45) is 12.0 Å². The maximum absolute atomic E-state index is 4.92. The van der Waals surface area contributed by atoms with Gasteiger partial charge in [-0.1, -0.05) is 24.3 Å². The minimum Gasteiger partial charge on any atom is -0.357 e. The van der Waals surface area contributed by atoms with Crippen LogP contribution in [0.2, 0.25) is 0 Å². The minimum absolute atomic E-state index is 0.208. The molecule has 2 N–H and O–H groups in total. The number of aromatic nitrogens is 2. The molecule has 3 rings (SSSR count). The number of likely N-dealkylation sites (tertiary alicyclic amines) is 1. The summed E-state index contributed by atoms with van der Waals surface area (Å²) < 4.78 is 1.85. The smallest absolute Gasteiger partial charge is 0.191 e. The summed E-state index contributed by atoms with van der Waals surface area (Å²) in [4.78, 5) is 9.68. The first-order valence-electron chi connectivity index (χ1n) is 11.4. The van der Waals surface area contributed by atoms with Gasteiger partial charge in [0, 0.05) is 51.0 Å². The Balaban J connectivity index is 1.54. The summed E-state index contributed by atoms with van der Waals surface area (Å²) in [5, 5.41) is 11.4. The molecule has 1 saturated heterocycles. The van der Waals surface area contributed by atoms with Gasteiger partial charge in [0.1, 0.15) is 0 Å². The number of likely N-dealkylation sites (N-methyl/N-ethyl adjacent to an activating group) is 1. The van der Waals surface area contributed by atoms with Crippen molar-refractivity contribution >= 4 is 5.96 Å². The Bertz CT molecular complexity index is 834. The molecule has 1 aliphatic heterocycles. The van der Waals surface area contributed by atoms with Crippen LogP contribution >= 0.6 is 0 Å². The third kappa shape index (κ3) is 6.80. The summed E-state index contributed by atoms with van der Waals surface area (Å²) in [6.07, 6.45) is 6.28. The predicted molar refractivity (Wildman–Crippen MR) is 128 cm³/mol. The quantitative estimate of drug-likeness (QED) is 0.503. The van der Waals surface area contributed by atoms with E-state index in [0.29, 0.717) is 12.6 Å². The SMILES string of the molecule is CCNC(=NCC(c1cnn(C)c1)N(C)C)NC1CCN(Cc2ccccc2C)CC1. The highest BCUT2D eigenvalue weighted by Gasteiger charge is 2.21. The lowest BCUT2D eigenvalue weighted by atomic mass is 10.0. The molecule has 0 spiro atoms. The summed E-state index contributed by atoms with van der Waals surface area (Å²) in [6.45, 7) is 9.14. The number of nitrogens with one attached hydrogen (secondary N) is 2. The van der Waals surface area contributed by atoms with Crippen LogP contribution in [0.4, 0.5) is 0 Å². The molecule has 170 valence electrons. The van der Waals surface area contributed by atoms with Gasteiger partial charge < -0.3 is 15.5 Å². The molecular weight excluding hydrogens is 386 g/mol. The number of piperidine rings is 1. The number of guanidine groups is 1. The summed E-state index contributed by atoms with van der Waals surface area (Å²) in [5.41, 5.74) is 4.01. The fourth-order valence-electron chi connectivity index (χ4n) is 4.13. The Morgan fingerprint density at radius 1 is 1.26 bits per heavy atom. The number of hydrogen-bond acceptors (Lipinski definition) is 4. The third-order valence-electron chi connectivity index (χ3n) is 6.08. The topological polar surface area (TPSA) is 60.7 Å². The van der Waals surface area contributed by atoms with Gasteiger partial charge in [-0.15, -0.1) is 0 Å². The van der Waals surface area contributed by atoms with Crippen molar-refractivity contribution < 1.29 is 0 Å². The lowest BCUT2D eigenvalue weighted by Crippen LogP contribution is -2.48. The van der Waals surface area contributed by atoms with E-state index in [1.165, 1.54) is 16.7 Å². The maximum Gasteiger partial charge on any atom is 0.191 e. The minimum atomic E-state index is 0.208. The second kappa shape index (κ2) is 11.3. The van der Waals surface area contributed by atoms with E-state index in [1.807, 2.05) is 17.9 Å². The van der Waals surface area contributed by atoms with Crippen LogP contribution in [0.15, 0.2) is 41.7 Å². The highest BCUT2D eigenvalue weighted by Crippen LogP contribution is 2.18. The molecule has 1 aliphatic rings. The zero-order valence-electron chi connectivity index (χ0n) is 19.8. The van der Waals surface area contributed by atoms with E-state index in [-0.39, 0.29) is 6.04 Å². The number of aliphatic imine (C=N–C) groups is 1. The number of hydrogen-bond donors (Lipinski definition) is 2. The molecule has 0 bridgehead atoms. The van der Waals surface area contributed by atoms with E-state index in [1.54, 1.807) is 0 Å². The van der Waals surface area contributed by atoms with Crippen LogP contribution in [0.1, 0.15) is 42.5 Å². The molecule has 7 nitrogen and oxygen atoms in total. The van der Waals surface area contributed by atoms with Crippen LogP contribution in [0, 0.1) is 6.92 Å². The molecule has 7 heteroatoms. The molecule has 31 heavy (non-hydrogen) atoms. The highest BCUT2D eigenvalue weighted by atomic mass is 15.3. The lowest BCUT2D eigenvalue weighted by molar-refractivity contribution is 0.198. The van der Waals surface area contributed by atoms with Gasteiger partial charge in [-0.3, -0.25) is 14.6 Å². The molecule has 2 aromatic rings. The second-order valence-corrected chi connectivity index (χ2v) is 8.77. The van der Waals surface area contributed by atoms with Crippen LogP contribution in [0.5, 0.6) is 0 Å².